The first kappa shape index (κ1) is 19.9. The van der Waals surface area contributed by atoms with Gasteiger partial charge in [-0.3, -0.25) is 9.48 Å². The van der Waals surface area contributed by atoms with E-state index in [1.54, 1.807) is 10.8 Å². The quantitative estimate of drug-likeness (QED) is 0.536. The fraction of sp³-hybridized carbons (Fsp3) is 0.182. The van der Waals surface area contributed by atoms with Crippen LogP contribution in [-0.4, -0.2) is 22.3 Å². The Morgan fingerprint density at radius 2 is 1.93 bits per heavy atom. The molecule has 1 aromatic heterocycles. The van der Waals surface area contributed by atoms with Crippen LogP contribution in [-0.2, 0) is 11.8 Å². The predicted octanol–water partition coefficient (Wildman–Crippen LogP) is 5.21. The van der Waals surface area contributed by atoms with E-state index in [2.05, 4.69) is 26.3 Å². The Morgan fingerprint density at radius 1 is 1.21 bits per heavy atom. The Hall–Kier alpha value is -2.86. The molecule has 3 aromatic rings. The molecule has 0 atom stereocenters. The molecule has 0 bridgehead atoms. The molecule has 2 aromatic carbocycles. The Morgan fingerprint density at radius 3 is 2.64 bits per heavy atom. The van der Waals surface area contributed by atoms with E-state index in [9.17, 15) is 4.79 Å². The van der Waals surface area contributed by atoms with E-state index in [4.69, 9.17) is 4.74 Å². The van der Waals surface area contributed by atoms with Crippen LogP contribution in [0.15, 0.2) is 59.1 Å². The maximum Gasteiger partial charge on any atom is 0.249 e. The van der Waals surface area contributed by atoms with Gasteiger partial charge in [0.1, 0.15) is 11.6 Å². The number of nitrogens with one attached hydrogen (secondary N) is 1. The number of rotatable bonds is 6. The number of para-hydroxylation sites is 1. The van der Waals surface area contributed by atoms with E-state index in [0.717, 1.165) is 32.6 Å². The zero-order valence-corrected chi connectivity index (χ0v) is 17.7. The smallest absolute Gasteiger partial charge is 0.249 e. The molecule has 0 unspecified atom stereocenters. The van der Waals surface area contributed by atoms with Crippen molar-refractivity contribution in [1.29, 1.82) is 0 Å². The van der Waals surface area contributed by atoms with E-state index in [1.807, 2.05) is 69.4 Å². The van der Waals surface area contributed by atoms with Gasteiger partial charge in [-0.1, -0.05) is 46.3 Å². The lowest BCUT2D eigenvalue weighted by Gasteiger charge is -2.08. The van der Waals surface area contributed by atoms with Crippen molar-refractivity contribution >= 4 is 33.7 Å². The molecule has 0 spiro atoms. The molecule has 144 valence electrons. The molecule has 0 aliphatic carbocycles. The standard InChI is InChI=1S/C22H22BrN3O2/c1-4-28-19-8-6-5-7-16(19)11-14-20(27)24-22-21(15(2)25-26(22)3)17-9-12-18(23)13-10-17/h5-14H,4H2,1-3H3,(H,24,27)/b14-11+. The second-order valence-corrected chi connectivity index (χ2v) is 7.15. The van der Waals surface area contributed by atoms with Gasteiger partial charge >= 0.3 is 0 Å². The van der Waals surface area contributed by atoms with Crippen LogP contribution in [0.3, 0.4) is 0 Å². The fourth-order valence-corrected chi connectivity index (χ4v) is 3.26. The van der Waals surface area contributed by atoms with Crippen molar-refractivity contribution in [2.45, 2.75) is 13.8 Å². The van der Waals surface area contributed by atoms with E-state index in [0.29, 0.717) is 12.4 Å². The molecule has 3 rings (SSSR count). The normalized spacial score (nSPS) is 11.0. The molecular weight excluding hydrogens is 418 g/mol. The van der Waals surface area contributed by atoms with E-state index in [1.165, 1.54) is 6.08 Å². The van der Waals surface area contributed by atoms with Crippen molar-refractivity contribution in [1.82, 2.24) is 9.78 Å². The number of hydrogen-bond donors (Lipinski definition) is 1. The minimum absolute atomic E-state index is 0.229. The Balaban J connectivity index is 1.84. The zero-order valence-electron chi connectivity index (χ0n) is 16.1. The van der Waals surface area contributed by atoms with Gasteiger partial charge in [-0.15, -0.1) is 0 Å². The highest BCUT2D eigenvalue weighted by molar-refractivity contribution is 9.10. The van der Waals surface area contributed by atoms with Crippen molar-refractivity contribution in [2.75, 3.05) is 11.9 Å². The van der Waals surface area contributed by atoms with E-state index < -0.39 is 0 Å². The highest BCUT2D eigenvalue weighted by Crippen LogP contribution is 2.32. The van der Waals surface area contributed by atoms with Crippen molar-refractivity contribution in [3.8, 4) is 16.9 Å². The van der Waals surface area contributed by atoms with Crippen molar-refractivity contribution < 1.29 is 9.53 Å². The van der Waals surface area contributed by atoms with Crippen molar-refractivity contribution in [3.05, 3.63) is 70.3 Å². The van der Waals surface area contributed by atoms with Gasteiger partial charge in [-0.05, 0) is 43.7 Å². The second-order valence-electron chi connectivity index (χ2n) is 6.23. The topological polar surface area (TPSA) is 56.1 Å². The molecule has 0 saturated carbocycles. The predicted molar refractivity (Wildman–Crippen MR) is 116 cm³/mol. The number of aromatic nitrogens is 2. The molecular formula is C22H22BrN3O2. The van der Waals surface area contributed by atoms with Gasteiger partial charge in [0.15, 0.2) is 0 Å². The lowest BCUT2D eigenvalue weighted by atomic mass is 10.1. The van der Waals surface area contributed by atoms with Crippen LogP contribution in [0, 0.1) is 6.92 Å². The third kappa shape index (κ3) is 4.51. The van der Waals surface area contributed by atoms with Crippen LogP contribution in [0.2, 0.25) is 0 Å². The largest absolute Gasteiger partial charge is 0.493 e. The lowest BCUT2D eigenvalue weighted by Crippen LogP contribution is -2.12. The van der Waals surface area contributed by atoms with Crippen LogP contribution in [0.5, 0.6) is 5.75 Å². The van der Waals surface area contributed by atoms with E-state index in [-0.39, 0.29) is 5.91 Å². The summed E-state index contributed by atoms with van der Waals surface area (Å²) in [4.78, 5) is 12.6. The first-order valence-electron chi connectivity index (χ1n) is 9.00. The molecule has 5 nitrogen and oxygen atoms in total. The maximum atomic E-state index is 12.6. The molecule has 28 heavy (non-hydrogen) atoms. The number of ether oxygens (including phenoxy) is 1. The number of anilines is 1. The van der Waals surface area contributed by atoms with Crippen molar-refractivity contribution in [2.24, 2.45) is 7.05 Å². The molecule has 0 aliphatic heterocycles. The summed E-state index contributed by atoms with van der Waals surface area (Å²) >= 11 is 3.45. The molecule has 1 N–H and O–H groups in total. The van der Waals surface area contributed by atoms with Gasteiger partial charge in [-0.2, -0.15) is 5.10 Å². The van der Waals surface area contributed by atoms with Gasteiger partial charge in [0.2, 0.25) is 5.91 Å². The number of halogens is 1. The summed E-state index contributed by atoms with van der Waals surface area (Å²) in [5.41, 5.74) is 3.61. The van der Waals surface area contributed by atoms with Gasteiger partial charge in [0.25, 0.3) is 0 Å². The summed E-state index contributed by atoms with van der Waals surface area (Å²) < 4.78 is 8.28. The molecule has 0 saturated heterocycles. The number of aryl methyl sites for hydroxylation is 2. The summed E-state index contributed by atoms with van der Waals surface area (Å²) in [5, 5.41) is 7.42. The van der Waals surface area contributed by atoms with Gasteiger partial charge in [0.05, 0.1) is 12.3 Å². The fourth-order valence-electron chi connectivity index (χ4n) is 2.99. The number of carbonyl (C=O) groups is 1. The highest BCUT2D eigenvalue weighted by Gasteiger charge is 2.16. The van der Waals surface area contributed by atoms with Gasteiger partial charge in [-0.25, -0.2) is 0 Å². The van der Waals surface area contributed by atoms with Crippen LogP contribution in [0.1, 0.15) is 18.2 Å². The molecule has 0 radical (unpaired) electrons. The van der Waals surface area contributed by atoms with Crippen LogP contribution in [0.4, 0.5) is 5.82 Å². The minimum Gasteiger partial charge on any atom is -0.493 e. The third-order valence-electron chi connectivity index (χ3n) is 4.23. The maximum absolute atomic E-state index is 12.6. The average Bonchev–Trinajstić information content (AvgIpc) is 2.95. The Labute approximate surface area is 173 Å². The lowest BCUT2D eigenvalue weighted by molar-refractivity contribution is -0.111. The number of carbonyl (C=O) groups excluding carboxylic acids is 1. The summed E-state index contributed by atoms with van der Waals surface area (Å²) in [6.07, 6.45) is 3.26. The second kappa shape index (κ2) is 8.89. The molecule has 1 amide bonds. The Bertz CT molecular complexity index is 1010. The van der Waals surface area contributed by atoms with Crippen molar-refractivity contribution in [3.63, 3.8) is 0 Å². The molecule has 0 fully saturated rings. The first-order valence-corrected chi connectivity index (χ1v) is 9.79. The van der Waals surface area contributed by atoms with Gasteiger partial charge < -0.3 is 10.1 Å². The summed E-state index contributed by atoms with van der Waals surface area (Å²) in [6.45, 7) is 4.44. The van der Waals surface area contributed by atoms with Crippen LogP contribution < -0.4 is 10.1 Å². The average molecular weight is 440 g/mol. The molecule has 0 aliphatic rings. The highest BCUT2D eigenvalue weighted by atomic mass is 79.9. The van der Waals surface area contributed by atoms with E-state index >= 15 is 0 Å². The van der Waals surface area contributed by atoms with Crippen LogP contribution >= 0.6 is 15.9 Å². The number of hydrogen-bond acceptors (Lipinski definition) is 3. The molecule has 1 heterocycles. The first-order chi connectivity index (χ1) is 13.5. The summed E-state index contributed by atoms with van der Waals surface area (Å²) in [5.74, 6) is 1.18. The number of amides is 1. The van der Waals surface area contributed by atoms with Crippen LogP contribution in [0.25, 0.3) is 17.2 Å². The van der Waals surface area contributed by atoms with Gasteiger partial charge in [0, 0.05) is 28.7 Å². The zero-order chi connectivity index (χ0) is 20.1. The molecule has 6 heteroatoms. The summed E-state index contributed by atoms with van der Waals surface area (Å²) in [6, 6.07) is 15.6. The summed E-state index contributed by atoms with van der Waals surface area (Å²) in [7, 11) is 1.82. The number of benzene rings is 2. The minimum atomic E-state index is -0.229. The number of nitrogens with zero attached hydrogens (tertiary/aromatic N) is 2. The monoisotopic (exact) mass is 439 g/mol. The SMILES string of the molecule is CCOc1ccccc1/C=C/C(=O)Nc1c(-c2ccc(Br)cc2)c(C)nn1C. The third-order valence-corrected chi connectivity index (χ3v) is 4.76. The Kier molecular flexibility index (Phi) is 6.31.